The molecule has 0 radical (unpaired) electrons. The minimum Gasteiger partial charge on any atom is -0.464 e. The van der Waals surface area contributed by atoms with Crippen molar-refractivity contribution in [2.75, 3.05) is 12.4 Å². The second-order valence-corrected chi connectivity index (χ2v) is 8.43. The molecule has 140 valence electrons. The molecule has 1 N–H and O–H groups in total. The molecule has 1 rings (SSSR count). The fraction of sp³-hybridized carbons (Fsp3) is 0.562. The Morgan fingerprint density at radius 3 is 2.32 bits per heavy atom. The molecule has 0 aliphatic carbocycles. The van der Waals surface area contributed by atoms with Crippen LogP contribution < -0.4 is 5.32 Å². The van der Waals surface area contributed by atoms with Gasteiger partial charge in [-0.1, -0.05) is 6.92 Å². The number of sulfone groups is 1. The zero-order valence-corrected chi connectivity index (χ0v) is 15.8. The smallest absolute Gasteiger partial charge is 0.408 e. The van der Waals surface area contributed by atoms with E-state index in [1.807, 2.05) is 0 Å². The largest absolute Gasteiger partial charge is 0.464 e. The first-order chi connectivity index (χ1) is 11.5. The van der Waals surface area contributed by atoms with Crippen molar-refractivity contribution < 1.29 is 27.5 Å². The number of alkyl carbamates (subject to hydrolysis) is 1. The molecule has 0 saturated heterocycles. The third-order valence-electron chi connectivity index (χ3n) is 2.98. The molecule has 1 heterocycles. The summed E-state index contributed by atoms with van der Waals surface area (Å²) in [4.78, 5) is 28.1. The highest BCUT2D eigenvalue weighted by Crippen LogP contribution is 2.17. The summed E-state index contributed by atoms with van der Waals surface area (Å²) in [5.74, 6) is -0.780. The van der Waals surface area contributed by atoms with Crippen molar-refractivity contribution in [1.82, 2.24) is 10.3 Å². The standard InChI is InChI=1S/C16H24N2O6S/c1-6-23-14(19)13(18-15(20)24-16(3,4)5)12-9-8-11(10-17-12)25(21,22)7-2/h8-10,13H,6-7H2,1-5H3,(H,18,20). The van der Waals surface area contributed by atoms with E-state index in [-0.39, 0.29) is 22.9 Å². The number of carbonyl (C=O) groups excluding carboxylic acids is 2. The topological polar surface area (TPSA) is 112 Å². The van der Waals surface area contributed by atoms with Crippen LogP contribution in [0, 0.1) is 0 Å². The average Bonchev–Trinajstić information content (AvgIpc) is 2.51. The Morgan fingerprint density at radius 2 is 1.88 bits per heavy atom. The number of ether oxygens (including phenoxy) is 2. The van der Waals surface area contributed by atoms with Gasteiger partial charge in [-0.2, -0.15) is 0 Å². The molecular formula is C16H24N2O6S. The van der Waals surface area contributed by atoms with Gasteiger partial charge in [-0.25, -0.2) is 18.0 Å². The van der Waals surface area contributed by atoms with E-state index < -0.39 is 33.5 Å². The molecule has 1 unspecified atom stereocenters. The Bertz CT molecular complexity index is 707. The fourth-order valence-electron chi connectivity index (χ4n) is 1.82. The normalized spacial score (nSPS) is 13.0. The van der Waals surface area contributed by atoms with Gasteiger partial charge in [-0.3, -0.25) is 4.98 Å². The summed E-state index contributed by atoms with van der Waals surface area (Å²) in [6.45, 7) is 8.34. The SMILES string of the molecule is CCOC(=O)C(NC(=O)OC(C)(C)C)c1ccc(S(=O)(=O)CC)cn1. The van der Waals surface area contributed by atoms with Gasteiger partial charge in [0.25, 0.3) is 0 Å². The molecule has 1 aromatic heterocycles. The third kappa shape index (κ3) is 6.33. The Balaban J connectivity index is 3.08. The molecule has 9 heteroatoms. The van der Waals surface area contributed by atoms with Crippen LogP contribution in [0.3, 0.4) is 0 Å². The number of aromatic nitrogens is 1. The van der Waals surface area contributed by atoms with Crippen molar-refractivity contribution in [3.63, 3.8) is 0 Å². The maximum absolute atomic E-state index is 12.1. The first-order valence-electron chi connectivity index (χ1n) is 7.85. The van der Waals surface area contributed by atoms with Crippen LogP contribution in [-0.4, -0.2) is 43.4 Å². The highest BCUT2D eigenvalue weighted by atomic mass is 32.2. The van der Waals surface area contributed by atoms with Gasteiger partial charge >= 0.3 is 12.1 Å². The van der Waals surface area contributed by atoms with Crippen molar-refractivity contribution in [3.8, 4) is 0 Å². The molecule has 0 bridgehead atoms. The third-order valence-corrected chi connectivity index (χ3v) is 4.70. The molecule has 0 saturated carbocycles. The molecule has 25 heavy (non-hydrogen) atoms. The number of amides is 1. The lowest BCUT2D eigenvalue weighted by Gasteiger charge is -2.22. The molecule has 1 atom stereocenters. The van der Waals surface area contributed by atoms with Gasteiger partial charge in [0.2, 0.25) is 0 Å². The van der Waals surface area contributed by atoms with E-state index in [1.165, 1.54) is 19.1 Å². The van der Waals surface area contributed by atoms with Gasteiger partial charge in [-0.15, -0.1) is 0 Å². The predicted octanol–water partition coefficient (Wildman–Crippen LogP) is 2.00. The van der Waals surface area contributed by atoms with Crippen LogP contribution in [0.15, 0.2) is 23.2 Å². The first-order valence-corrected chi connectivity index (χ1v) is 9.50. The van der Waals surface area contributed by atoms with Crippen LogP contribution >= 0.6 is 0 Å². The molecule has 0 aliphatic rings. The Labute approximate surface area is 147 Å². The predicted molar refractivity (Wildman–Crippen MR) is 90.7 cm³/mol. The molecule has 0 fully saturated rings. The van der Waals surface area contributed by atoms with Crippen LogP contribution in [-0.2, 0) is 24.1 Å². The minimum atomic E-state index is -3.41. The second-order valence-electron chi connectivity index (χ2n) is 6.15. The lowest BCUT2D eigenvalue weighted by atomic mass is 10.2. The van der Waals surface area contributed by atoms with Crippen LogP contribution in [0.1, 0.15) is 46.4 Å². The molecule has 8 nitrogen and oxygen atoms in total. The van der Waals surface area contributed by atoms with Gasteiger partial charge in [0.15, 0.2) is 15.9 Å². The van der Waals surface area contributed by atoms with Crippen LogP contribution in [0.4, 0.5) is 4.79 Å². The Kier molecular flexibility index (Phi) is 6.92. The second kappa shape index (κ2) is 8.28. The highest BCUT2D eigenvalue weighted by Gasteiger charge is 2.28. The Hall–Kier alpha value is -2.16. The van der Waals surface area contributed by atoms with Crippen molar-refractivity contribution in [3.05, 3.63) is 24.0 Å². The van der Waals surface area contributed by atoms with E-state index in [2.05, 4.69) is 10.3 Å². The van der Waals surface area contributed by atoms with Gasteiger partial charge in [0.05, 0.1) is 22.9 Å². The zero-order valence-electron chi connectivity index (χ0n) is 15.0. The summed E-state index contributed by atoms with van der Waals surface area (Å²) >= 11 is 0. The van der Waals surface area contributed by atoms with Crippen molar-refractivity contribution in [1.29, 1.82) is 0 Å². The van der Waals surface area contributed by atoms with Crippen molar-refractivity contribution in [2.24, 2.45) is 0 Å². The molecule has 0 spiro atoms. The summed E-state index contributed by atoms with van der Waals surface area (Å²) in [6, 6.07) is 1.50. The fourth-order valence-corrected chi connectivity index (χ4v) is 2.64. The molecule has 0 aromatic carbocycles. The number of hydrogen-bond donors (Lipinski definition) is 1. The van der Waals surface area contributed by atoms with E-state index in [0.717, 1.165) is 6.20 Å². The summed E-state index contributed by atoms with van der Waals surface area (Å²) in [7, 11) is -3.41. The highest BCUT2D eigenvalue weighted by molar-refractivity contribution is 7.91. The monoisotopic (exact) mass is 372 g/mol. The van der Waals surface area contributed by atoms with Crippen LogP contribution in [0.2, 0.25) is 0 Å². The van der Waals surface area contributed by atoms with Gasteiger partial charge in [-0.05, 0) is 39.8 Å². The van der Waals surface area contributed by atoms with E-state index in [9.17, 15) is 18.0 Å². The van der Waals surface area contributed by atoms with Gasteiger partial charge < -0.3 is 14.8 Å². The average molecular weight is 372 g/mol. The summed E-state index contributed by atoms with van der Waals surface area (Å²) in [5, 5.41) is 2.40. The molecule has 0 aliphatic heterocycles. The summed E-state index contributed by atoms with van der Waals surface area (Å²) < 4.78 is 33.7. The van der Waals surface area contributed by atoms with E-state index in [0.29, 0.717) is 0 Å². The number of hydrogen-bond acceptors (Lipinski definition) is 7. The first kappa shape index (κ1) is 20.9. The van der Waals surface area contributed by atoms with E-state index in [4.69, 9.17) is 9.47 Å². The number of nitrogens with one attached hydrogen (secondary N) is 1. The number of esters is 1. The number of pyridine rings is 1. The Morgan fingerprint density at radius 1 is 1.24 bits per heavy atom. The van der Waals surface area contributed by atoms with E-state index >= 15 is 0 Å². The molecule has 1 aromatic rings. The lowest BCUT2D eigenvalue weighted by Crippen LogP contribution is -2.39. The summed E-state index contributed by atoms with van der Waals surface area (Å²) in [5.41, 5.74) is -0.588. The minimum absolute atomic E-state index is 0.0404. The van der Waals surface area contributed by atoms with Crippen LogP contribution in [0.25, 0.3) is 0 Å². The number of rotatable bonds is 6. The van der Waals surface area contributed by atoms with Crippen molar-refractivity contribution >= 4 is 21.9 Å². The zero-order chi connectivity index (χ0) is 19.3. The maximum Gasteiger partial charge on any atom is 0.408 e. The number of carbonyl (C=O) groups is 2. The van der Waals surface area contributed by atoms with Gasteiger partial charge in [0, 0.05) is 6.20 Å². The maximum atomic E-state index is 12.1. The molecular weight excluding hydrogens is 348 g/mol. The quantitative estimate of drug-likeness (QED) is 0.760. The number of nitrogens with zero attached hydrogens (tertiary/aromatic N) is 1. The summed E-state index contributed by atoms with van der Waals surface area (Å²) in [6.07, 6.45) is 0.342. The van der Waals surface area contributed by atoms with Crippen molar-refractivity contribution in [2.45, 2.75) is 51.2 Å². The lowest BCUT2D eigenvalue weighted by molar-refractivity contribution is -0.146. The molecule has 1 amide bonds. The van der Waals surface area contributed by atoms with Gasteiger partial charge in [0.1, 0.15) is 5.60 Å². The van der Waals surface area contributed by atoms with Crippen LogP contribution in [0.5, 0.6) is 0 Å². The van der Waals surface area contributed by atoms with E-state index in [1.54, 1.807) is 27.7 Å².